The summed E-state index contributed by atoms with van der Waals surface area (Å²) in [4.78, 5) is 0. The molecule has 0 N–H and O–H groups in total. The Morgan fingerprint density at radius 2 is 0.667 bits per heavy atom. The van der Waals surface area contributed by atoms with Gasteiger partial charge in [-0.05, 0) is 0 Å². The summed E-state index contributed by atoms with van der Waals surface area (Å²) in [6.07, 6.45) is 0. The first-order valence-corrected chi connectivity index (χ1v) is 7.23. The lowest BCUT2D eigenvalue weighted by molar-refractivity contribution is 0.369. The van der Waals surface area contributed by atoms with Crippen molar-refractivity contribution in [2.45, 2.75) is 0 Å². The highest BCUT2D eigenvalue weighted by molar-refractivity contribution is 5.87. The van der Waals surface area contributed by atoms with Gasteiger partial charge in [0.1, 0.15) is 34.5 Å². The third-order valence-electron chi connectivity index (χ3n) is 3.68. The van der Waals surface area contributed by atoms with E-state index >= 15 is 0 Å². The molecule has 0 aliphatic rings. The maximum Gasteiger partial charge on any atom is 0.134 e. The topological polar surface area (TPSA) is 55.4 Å². The Bertz CT molecular complexity index is 599. The molecule has 2 aromatic rings. The fraction of sp³-hybridized carbons (Fsp3) is 0.333. The van der Waals surface area contributed by atoms with Crippen LogP contribution in [-0.4, -0.2) is 42.7 Å². The van der Waals surface area contributed by atoms with Crippen LogP contribution in [0, 0.1) is 0 Å². The zero-order valence-electron chi connectivity index (χ0n) is 14.8. The van der Waals surface area contributed by atoms with E-state index in [1.807, 2.05) is 0 Å². The average Bonchev–Trinajstić information content (AvgIpc) is 2.65. The summed E-state index contributed by atoms with van der Waals surface area (Å²) in [5, 5.41) is 0. The first kappa shape index (κ1) is 17.6. The van der Waals surface area contributed by atoms with Crippen molar-refractivity contribution >= 4 is 0 Å². The number of methoxy groups -OCH3 is 6. The predicted molar refractivity (Wildman–Crippen MR) is 91.2 cm³/mol. The number of rotatable bonds is 7. The molecule has 0 unspecified atom stereocenters. The summed E-state index contributed by atoms with van der Waals surface area (Å²) in [6.45, 7) is 0. The van der Waals surface area contributed by atoms with Gasteiger partial charge in [-0.1, -0.05) is 0 Å². The minimum absolute atomic E-state index is 0.577. The molecule has 6 heteroatoms. The lowest BCUT2D eigenvalue weighted by Gasteiger charge is -2.20. The van der Waals surface area contributed by atoms with Crippen molar-refractivity contribution in [1.29, 1.82) is 0 Å². The Morgan fingerprint density at radius 1 is 0.417 bits per heavy atom. The standard InChI is InChI=1S/C18H22O6/c1-19-11-7-13(21-3)17(14(8-11)22-4)18-15(23-5)9-12(20-2)10-16(18)24-6/h7-10H,1-6H3. The van der Waals surface area contributed by atoms with Crippen LogP contribution in [0.4, 0.5) is 0 Å². The summed E-state index contributed by atoms with van der Waals surface area (Å²) >= 11 is 0. The largest absolute Gasteiger partial charge is 0.496 e. The van der Waals surface area contributed by atoms with Gasteiger partial charge in [-0.25, -0.2) is 0 Å². The smallest absolute Gasteiger partial charge is 0.134 e. The van der Waals surface area contributed by atoms with Crippen molar-refractivity contribution in [2.24, 2.45) is 0 Å². The van der Waals surface area contributed by atoms with Crippen LogP contribution >= 0.6 is 0 Å². The molecule has 0 saturated carbocycles. The second kappa shape index (κ2) is 7.68. The fourth-order valence-corrected chi connectivity index (χ4v) is 2.50. The Kier molecular flexibility index (Phi) is 5.63. The van der Waals surface area contributed by atoms with Crippen LogP contribution < -0.4 is 28.4 Å². The van der Waals surface area contributed by atoms with E-state index in [9.17, 15) is 0 Å². The monoisotopic (exact) mass is 334 g/mol. The Hall–Kier alpha value is -2.76. The van der Waals surface area contributed by atoms with E-state index in [2.05, 4.69) is 0 Å². The molecule has 0 aliphatic carbocycles. The maximum atomic E-state index is 5.54. The molecule has 0 saturated heterocycles. The van der Waals surface area contributed by atoms with E-state index in [-0.39, 0.29) is 0 Å². The zero-order chi connectivity index (χ0) is 17.7. The summed E-state index contributed by atoms with van der Waals surface area (Å²) in [6, 6.07) is 7.11. The highest BCUT2D eigenvalue weighted by atomic mass is 16.5. The van der Waals surface area contributed by atoms with Crippen LogP contribution in [0.3, 0.4) is 0 Å². The summed E-state index contributed by atoms with van der Waals surface area (Å²) in [5.74, 6) is 3.56. The van der Waals surface area contributed by atoms with E-state index in [0.717, 1.165) is 0 Å². The number of ether oxygens (including phenoxy) is 6. The first-order valence-electron chi connectivity index (χ1n) is 7.23. The molecular formula is C18H22O6. The fourth-order valence-electron chi connectivity index (χ4n) is 2.50. The second-order valence-electron chi connectivity index (χ2n) is 4.81. The summed E-state index contributed by atoms with van der Waals surface area (Å²) in [7, 11) is 9.51. The number of benzene rings is 2. The van der Waals surface area contributed by atoms with Crippen LogP contribution in [0.2, 0.25) is 0 Å². The van der Waals surface area contributed by atoms with E-state index < -0.39 is 0 Å². The van der Waals surface area contributed by atoms with Crippen LogP contribution in [0.15, 0.2) is 24.3 Å². The Balaban J connectivity index is 2.84. The summed E-state index contributed by atoms with van der Waals surface area (Å²) in [5.41, 5.74) is 1.41. The van der Waals surface area contributed by atoms with E-state index in [1.165, 1.54) is 0 Å². The van der Waals surface area contributed by atoms with Crippen molar-refractivity contribution in [2.75, 3.05) is 42.7 Å². The molecule has 0 spiro atoms. The van der Waals surface area contributed by atoms with Gasteiger partial charge in [0.05, 0.1) is 53.8 Å². The third-order valence-corrected chi connectivity index (χ3v) is 3.68. The molecule has 6 nitrogen and oxygen atoms in total. The molecule has 0 amide bonds. The molecular weight excluding hydrogens is 312 g/mol. The van der Waals surface area contributed by atoms with Crippen molar-refractivity contribution in [1.82, 2.24) is 0 Å². The summed E-state index contributed by atoms with van der Waals surface area (Å²) < 4.78 is 32.7. The highest BCUT2D eigenvalue weighted by Crippen LogP contribution is 2.50. The molecule has 0 bridgehead atoms. The average molecular weight is 334 g/mol. The minimum atomic E-state index is 0.577. The predicted octanol–water partition coefficient (Wildman–Crippen LogP) is 3.41. The SMILES string of the molecule is COc1cc(OC)c(-c2c(OC)cc(OC)cc2OC)c(OC)c1. The van der Waals surface area contributed by atoms with Gasteiger partial charge >= 0.3 is 0 Å². The molecule has 0 aliphatic heterocycles. The molecule has 2 rings (SSSR count). The van der Waals surface area contributed by atoms with Gasteiger partial charge in [0.2, 0.25) is 0 Å². The Labute approximate surface area is 141 Å². The highest BCUT2D eigenvalue weighted by Gasteiger charge is 2.23. The molecule has 24 heavy (non-hydrogen) atoms. The molecule has 0 atom stereocenters. The quantitative estimate of drug-likeness (QED) is 0.773. The van der Waals surface area contributed by atoms with Gasteiger partial charge in [-0.3, -0.25) is 0 Å². The first-order chi connectivity index (χ1) is 11.6. The molecule has 0 heterocycles. The second-order valence-corrected chi connectivity index (χ2v) is 4.81. The van der Waals surface area contributed by atoms with Crippen LogP contribution in [0.25, 0.3) is 11.1 Å². The van der Waals surface area contributed by atoms with Crippen molar-refractivity contribution in [3.8, 4) is 45.6 Å². The lowest BCUT2D eigenvalue weighted by Crippen LogP contribution is -2.00. The normalized spacial score (nSPS) is 10.1. The van der Waals surface area contributed by atoms with Crippen LogP contribution in [0.1, 0.15) is 0 Å². The van der Waals surface area contributed by atoms with Gasteiger partial charge < -0.3 is 28.4 Å². The van der Waals surface area contributed by atoms with E-state index in [0.29, 0.717) is 45.6 Å². The molecule has 0 aromatic heterocycles. The van der Waals surface area contributed by atoms with E-state index in [1.54, 1.807) is 66.9 Å². The lowest BCUT2D eigenvalue weighted by atomic mass is 10.00. The van der Waals surface area contributed by atoms with Crippen molar-refractivity contribution in [3.63, 3.8) is 0 Å². The van der Waals surface area contributed by atoms with Crippen molar-refractivity contribution < 1.29 is 28.4 Å². The Morgan fingerprint density at radius 3 is 0.833 bits per heavy atom. The maximum absolute atomic E-state index is 5.54. The van der Waals surface area contributed by atoms with Gasteiger partial charge in [0.25, 0.3) is 0 Å². The van der Waals surface area contributed by atoms with E-state index in [4.69, 9.17) is 28.4 Å². The molecule has 0 fully saturated rings. The minimum Gasteiger partial charge on any atom is -0.496 e. The van der Waals surface area contributed by atoms with Crippen LogP contribution in [-0.2, 0) is 0 Å². The molecule has 0 radical (unpaired) electrons. The van der Waals surface area contributed by atoms with Gasteiger partial charge in [0, 0.05) is 24.3 Å². The van der Waals surface area contributed by atoms with Gasteiger partial charge in [0.15, 0.2) is 0 Å². The molecule has 130 valence electrons. The number of hydrogen-bond acceptors (Lipinski definition) is 6. The van der Waals surface area contributed by atoms with Crippen LogP contribution in [0.5, 0.6) is 34.5 Å². The van der Waals surface area contributed by atoms with Gasteiger partial charge in [-0.2, -0.15) is 0 Å². The zero-order valence-corrected chi connectivity index (χ0v) is 14.8. The molecule has 2 aromatic carbocycles. The van der Waals surface area contributed by atoms with Gasteiger partial charge in [-0.15, -0.1) is 0 Å². The number of hydrogen-bond donors (Lipinski definition) is 0. The van der Waals surface area contributed by atoms with Crippen molar-refractivity contribution in [3.05, 3.63) is 24.3 Å². The third kappa shape index (κ3) is 3.13.